The van der Waals surface area contributed by atoms with Gasteiger partial charge in [0, 0.05) is 12.1 Å². The molecule has 0 spiro atoms. The molecule has 0 fully saturated rings. The molecule has 0 aliphatic carbocycles. The van der Waals surface area contributed by atoms with E-state index in [-0.39, 0.29) is 17.4 Å². The Morgan fingerprint density at radius 3 is 2.48 bits per heavy atom. The zero-order chi connectivity index (χ0) is 15.4. The second-order valence-electron chi connectivity index (χ2n) is 5.15. The maximum absolute atomic E-state index is 12.1. The van der Waals surface area contributed by atoms with Crippen LogP contribution in [-0.4, -0.2) is 22.7 Å². The van der Waals surface area contributed by atoms with Gasteiger partial charge in [0.05, 0.1) is 0 Å². The minimum absolute atomic E-state index is 0.101. The van der Waals surface area contributed by atoms with E-state index in [1.54, 1.807) is 6.07 Å². The fourth-order valence-corrected chi connectivity index (χ4v) is 2.21. The Morgan fingerprint density at radius 2 is 1.81 bits per heavy atom. The summed E-state index contributed by atoms with van der Waals surface area (Å²) >= 11 is 0. The number of carbonyl (C=O) groups excluding carboxylic acids is 1. The molecule has 0 heterocycles. The highest BCUT2D eigenvalue weighted by Gasteiger charge is 2.08. The van der Waals surface area contributed by atoms with Crippen LogP contribution in [0.2, 0.25) is 0 Å². The van der Waals surface area contributed by atoms with Crippen LogP contribution in [0.1, 0.15) is 27.0 Å². The summed E-state index contributed by atoms with van der Waals surface area (Å²) < 4.78 is 0. The van der Waals surface area contributed by atoms with Gasteiger partial charge in [0.15, 0.2) is 11.5 Å². The number of carbonyl (C=O) groups is 1. The molecule has 4 nitrogen and oxygen atoms in total. The van der Waals surface area contributed by atoms with E-state index in [4.69, 9.17) is 0 Å². The Kier molecular flexibility index (Phi) is 4.48. The Hall–Kier alpha value is -2.49. The maximum Gasteiger partial charge on any atom is 0.251 e. The monoisotopic (exact) mass is 285 g/mol. The van der Waals surface area contributed by atoms with E-state index in [1.165, 1.54) is 12.1 Å². The summed E-state index contributed by atoms with van der Waals surface area (Å²) in [5, 5.41) is 21.5. The van der Waals surface area contributed by atoms with Crippen molar-refractivity contribution in [3.05, 3.63) is 58.7 Å². The van der Waals surface area contributed by atoms with Gasteiger partial charge < -0.3 is 15.5 Å². The summed E-state index contributed by atoms with van der Waals surface area (Å²) in [5.74, 6) is -0.387. The van der Waals surface area contributed by atoms with Gasteiger partial charge in [-0.2, -0.15) is 0 Å². The van der Waals surface area contributed by atoms with E-state index in [0.717, 1.165) is 16.7 Å². The SMILES string of the molecule is Cc1ccc(C(=O)NCCc2ccc(O)c(O)c2)c(C)c1. The van der Waals surface area contributed by atoms with Crippen LogP contribution in [0, 0.1) is 13.8 Å². The average molecular weight is 285 g/mol. The van der Waals surface area contributed by atoms with Gasteiger partial charge in [-0.25, -0.2) is 0 Å². The van der Waals surface area contributed by atoms with Gasteiger partial charge in [-0.05, 0) is 49.6 Å². The number of hydrogen-bond acceptors (Lipinski definition) is 3. The molecule has 3 N–H and O–H groups in total. The van der Waals surface area contributed by atoms with E-state index in [0.29, 0.717) is 18.5 Å². The van der Waals surface area contributed by atoms with E-state index in [2.05, 4.69) is 5.32 Å². The third-order valence-corrected chi connectivity index (χ3v) is 3.37. The third-order valence-electron chi connectivity index (χ3n) is 3.37. The molecule has 0 unspecified atom stereocenters. The highest BCUT2D eigenvalue weighted by atomic mass is 16.3. The first kappa shape index (κ1) is 14.9. The van der Waals surface area contributed by atoms with Gasteiger partial charge in [0.1, 0.15) is 0 Å². The number of amides is 1. The van der Waals surface area contributed by atoms with Crippen LogP contribution in [-0.2, 0) is 6.42 Å². The van der Waals surface area contributed by atoms with Crippen molar-refractivity contribution in [1.29, 1.82) is 0 Å². The first-order valence-corrected chi connectivity index (χ1v) is 6.83. The molecule has 0 radical (unpaired) electrons. The third kappa shape index (κ3) is 3.75. The van der Waals surface area contributed by atoms with E-state index in [1.807, 2.05) is 32.0 Å². The quantitative estimate of drug-likeness (QED) is 0.756. The van der Waals surface area contributed by atoms with Gasteiger partial charge >= 0.3 is 0 Å². The molecular weight excluding hydrogens is 266 g/mol. The molecule has 0 saturated carbocycles. The van der Waals surface area contributed by atoms with Gasteiger partial charge in [-0.15, -0.1) is 0 Å². The lowest BCUT2D eigenvalue weighted by atomic mass is 10.1. The zero-order valence-corrected chi connectivity index (χ0v) is 12.2. The lowest BCUT2D eigenvalue weighted by molar-refractivity contribution is 0.0953. The Morgan fingerprint density at radius 1 is 1.05 bits per heavy atom. The Bertz CT molecular complexity index is 665. The molecule has 4 heteroatoms. The molecule has 0 aromatic heterocycles. The molecule has 2 rings (SSSR count). The van der Waals surface area contributed by atoms with Crippen LogP contribution < -0.4 is 5.32 Å². The molecule has 0 aliphatic heterocycles. The van der Waals surface area contributed by atoms with Crippen molar-refractivity contribution in [3.8, 4) is 11.5 Å². The smallest absolute Gasteiger partial charge is 0.251 e. The zero-order valence-electron chi connectivity index (χ0n) is 12.2. The summed E-state index contributed by atoms with van der Waals surface area (Å²) in [7, 11) is 0. The number of nitrogens with one attached hydrogen (secondary N) is 1. The summed E-state index contributed by atoms with van der Waals surface area (Å²) in [5.41, 5.74) is 3.61. The number of hydrogen-bond donors (Lipinski definition) is 3. The summed E-state index contributed by atoms with van der Waals surface area (Å²) in [6.07, 6.45) is 0.588. The largest absolute Gasteiger partial charge is 0.504 e. The lowest BCUT2D eigenvalue weighted by Crippen LogP contribution is -2.26. The molecule has 110 valence electrons. The fourth-order valence-electron chi connectivity index (χ4n) is 2.21. The summed E-state index contributed by atoms with van der Waals surface area (Å²) in [6, 6.07) is 10.4. The summed E-state index contributed by atoms with van der Waals surface area (Å²) in [4.78, 5) is 12.1. The van der Waals surface area contributed by atoms with E-state index in [9.17, 15) is 15.0 Å². The number of rotatable bonds is 4. The van der Waals surface area contributed by atoms with Crippen LogP contribution in [0.4, 0.5) is 0 Å². The predicted molar refractivity (Wildman–Crippen MR) is 81.7 cm³/mol. The molecule has 2 aromatic carbocycles. The van der Waals surface area contributed by atoms with Gasteiger partial charge in [-0.1, -0.05) is 23.8 Å². The lowest BCUT2D eigenvalue weighted by Gasteiger charge is -2.09. The average Bonchev–Trinajstić information content (AvgIpc) is 2.42. The Balaban J connectivity index is 1.93. The normalized spacial score (nSPS) is 10.4. The van der Waals surface area contributed by atoms with Crippen molar-refractivity contribution in [2.75, 3.05) is 6.54 Å². The fraction of sp³-hybridized carbons (Fsp3) is 0.235. The number of phenols is 2. The molecule has 0 atom stereocenters. The minimum atomic E-state index is -0.145. The maximum atomic E-state index is 12.1. The molecule has 0 aliphatic rings. The molecular formula is C17H19NO3. The van der Waals surface area contributed by atoms with Crippen molar-refractivity contribution in [1.82, 2.24) is 5.32 Å². The van der Waals surface area contributed by atoms with E-state index >= 15 is 0 Å². The van der Waals surface area contributed by atoms with E-state index < -0.39 is 0 Å². The van der Waals surface area contributed by atoms with Crippen LogP contribution in [0.15, 0.2) is 36.4 Å². The highest BCUT2D eigenvalue weighted by molar-refractivity contribution is 5.95. The van der Waals surface area contributed by atoms with Crippen molar-refractivity contribution < 1.29 is 15.0 Å². The van der Waals surface area contributed by atoms with Crippen LogP contribution in [0.3, 0.4) is 0 Å². The summed E-state index contributed by atoms with van der Waals surface area (Å²) in [6.45, 7) is 4.38. The van der Waals surface area contributed by atoms with Gasteiger partial charge in [-0.3, -0.25) is 4.79 Å². The van der Waals surface area contributed by atoms with Crippen LogP contribution in [0.25, 0.3) is 0 Å². The highest BCUT2D eigenvalue weighted by Crippen LogP contribution is 2.24. The molecule has 0 saturated heterocycles. The van der Waals surface area contributed by atoms with Crippen LogP contribution in [0.5, 0.6) is 11.5 Å². The number of aryl methyl sites for hydroxylation is 2. The van der Waals surface area contributed by atoms with Crippen molar-refractivity contribution in [3.63, 3.8) is 0 Å². The van der Waals surface area contributed by atoms with Crippen molar-refractivity contribution >= 4 is 5.91 Å². The first-order valence-electron chi connectivity index (χ1n) is 6.83. The number of phenolic OH excluding ortho intramolecular Hbond substituents is 2. The molecule has 1 amide bonds. The van der Waals surface area contributed by atoms with Gasteiger partial charge in [0.2, 0.25) is 0 Å². The standard InChI is InChI=1S/C17H19NO3/c1-11-3-5-14(12(2)9-11)17(21)18-8-7-13-4-6-15(19)16(20)10-13/h3-6,9-10,19-20H,7-8H2,1-2H3,(H,18,21). The second kappa shape index (κ2) is 6.31. The molecule has 21 heavy (non-hydrogen) atoms. The molecule has 2 aromatic rings. The van der Waals surface area contributed by atoms with Gasteiger partial charge in [0.25, 0.3) is 5.91 Å². The van der Waals surface area contributed by atoms with Crippen LogP contribution >= 0.6 is 0 Å². The topological polar surface area (TPSA) is 69.6 Å². The predicted octanol–water partition coefficient (Wildman–Crippen LogP) is 2.69. The minimum Gasteiger partial charge on any atom is -0.504 e. The Labute approximate surface area is 124 Å². The van der Waals surface area contributed by atoms with Crippen molar-refractivity contribution in [2.24, 2.45) is 0 Å². The second-order valence-corrected chi connectivity index (χ2v) is 5.15. The van der Waals surface area contributed by atoms with Crippen molar-refractivity contribution in [2.45, 2.75) is 20.3 Å². The first-order chi connectivity index (χ1) is 9.97. The number of benzene rings is 2. The number of aromatic hydroxyl groups is 2. The molecule has 0 bridgehead atoms.